The topological polar surface area (TPSA) is 71.5 Å². The lowest BCUT2D eigenvalue weighted by Crippen LogP contribution is -2.24. The number of hydrogen-bond acceptors (Lipinski definition) is 4. The van der Waals surface area contributed by atoms with Gasteiger partial charge in [0.25, 0.3) is 5.91 Å². The van der Waals surface area contributed by atoms with E-state index < -0.39 is 5.91 Å². The molecule has 0 bridgehead atoms. The summed E-state index contributed by atoms with van der Waals surface area (Å²) >= 11 is 3.12. The first-order chi connectivity index (χ1) is 11.0. The number of nitrogens with one attached hydrogen (secondary N) is 1. The fourth-order valence-corrected chi connectivity index (χ4v) is 2.00. The number of benzene rings is 1. The minimum Gasteiger partial charge on any atom is -0.504 e. The van der Waals surface area contributed by atoms with Gasteiger partial charge in [-0.05, 0) is 33.6 Å². The van der Waals surface area contributed by atoms with Crippen LogP contribution in [0, 0.1) is 5.82 Å². The Labute approximate surface area is 142 Å². The van der Waals surface area contributed by atoms with Crippen LogP contribution in [-0.4, -0.2) is 23.1 Å². The summed E-state index contributed by atoms with van der Waals surface area (Å²) in [6.07, 6.45) is 0. The van der Waals surface area contributed by atoms with Crippen LogP contribution in [0.25, 0.3) is 0 Å². The third kappa shape index (κ3) is 5.21. The van der Waals surface area contributed by atoms with Crippen LogP contribution in [0.15, 0.2) is 34.8 Å². The minimum absolute atomic E-state index is 0.150. The monoisotopic (exact) mass is 384 g/mol. The highest BCUT2D eigenvalue weighted by molar-refractivity contribution is 9.10. The Bertz CT molecular complexity index is 663. The maximum Gasteiger partial charge on any atom is 0.274 e. The molecule has 0 atom stereocenters. The molecule has 0 radical (unpaired) electrons. The zero-order valence-corrected chi connectivity index (χ0v) is 14.6. The molecule has 0 aliphatic carbocycles. The summed E-state index contributed by atoms with van der Waals surface area (Å²) < 4.78 is 18.0. The van der Waals surface area contributed by atoms with Crippen molar-refractivity contribution in [2.45, 2.75) is 20.4 Å². The predicted molar refractivity (Wildman–Crippen MR) is 89.1 cm³/mol. The van der Waals surface area contributed by atoms with Gasteiger partial charge in [-0.25, -0.2) is 9.37 Å². The van der Waals surface area contributed by atoms with Gasteiger partial charge in [-0.15, -0.1) is 0 Å². The molecule has 124 valence electrons. The van der Waals surface area contributed by atoms with E-state index in [0.717, 1.165) is 5.56 Å². The molecule has 0 saturated heterocycles. The van der Waals surface area contributed by atoms with Gasteiger partial charge in [-0.1, -0.05) is 26.0 Å². The van der Waals surface area contributed by atoms with Crippen molar-refractivity contribution in [3.8, 4) is 11.6 Å². The summed E-state index contributed by atoms with van der Waals surface area (Å²) in [5.41, 5.74) is 0.578. The SMILES string of the molecule is CC.COc1cc(Br)c(O)c(C(=O)NCc2ccc(F)cc2)n1. The maximum absolute atomic E-state index is 12.8. The molecule has 1 amide bonds. The molecule has 1 heterocycles. The summed E-state index contributed by atoms with van der Waals surface area (Å²) in [4.78, 5) is 15.9. The van der Waals surface area contributed by atoms with Crippen LogP contribution >= 0.6 is 15.9 Å². The Kier molecular flexibility index (Phi) is 7.47. The van der Waals surface area contributed by atoms with Crippen molar-refractivity contribution in [1.82, 2.24) is 10.3 Å². The molecule has 2 aromatic rings. The molecule has 23 heavy (non-hydrogen) atoms. The predicted octanol–water partition coefficient (Wildman–Crippen LogP) is 3.65. The number of nitrogens with zero attached hydrogens (tertiary/aromatic N) is 1. The van der Waals surface area contributed by atoms with Gasteiger partial charge in [0.15, 0.2) is 11.4 Å². The van der Waals surface area contributed by atoms with E-state index in [-0.39, 0.29) is 29.7 Å². The van der Waals surface area contributed by atoms with E-state index in [4.69, 9.17) is 4.74 Å². The van der Waals surface area contributed by atoms with Crippen molar-refractivity contribution in [3.63, 3.8) is 0 Å². The zero-order valence-electron chi connectivity index (χ0n) is 13.1. The van der Waals surface area contributed by atoms with Gasteiger partial charge in [0.1, 0.15) is 5.82 Å². The standard InChI is InChI=1S/C14H12BrFN2O3.C2H6/c1-21-11-6-10(15)13(19)12(18-11)14(20)17-7-8-2-4-9(16)5-3-8;1-2/h2-6,19H,7H2,1H3,(H,17,20);1-2H3. The summed E-state index contributed by atoms with van der Waals surface area (Å²) in [7, 11) is 1.41. The first kappa shape index (κ1) is 18.9. The molecule has 1 aromatic carbocycles. The number of methoxy groups -OCH3 is 1. The number of hydrogen-bond donors (Lipinski definition) is 2. The highest BCUT2D eigenvalue weighted by Crippen LogP contribution is 2.29. The van der Waals surface area contributed by atoms with Crippen molar-refractivity contribution >= 4 is 21.8 Å². The Balaban J connectivity index is 0.00000127. The van der Waals surface area contributed by atoms with Crippen LogP contribution in [0.1, 0.15) is 29.9 Å². The second-order valence-corrected chi connectivity index (χ2v) is 5.01. The van der Waals surface area contributed by atoms with Gasteiger partial charge < -0.3 is 15.2 Å². The second kappa shape index (κ2) is 9.09. The lowest BCUT2D eigenvalue weighted by molar-refractivity contribution is 0.0942. The molecule has 0 fully saturated rings. The molecule has 7 heteroatoms. The van der Waals surface area contributed by atoms with Crippen molar-refractivity contribution in [3.05, 3.63) is 51.9 Å². The molecule has 2 rings (SSSR count). The van der Waals surface area contributed by atoms with Gasteiger partial charge in [0, 0.05) is 12.6 Å². The molecule has 5 nitrogen and oxygen atoms in total. The van der Waals surface area contributed by atoms with E-state index in [2.05, 4.69) is 26.2 Å². The minimum atomic E-state index is -0.559. The first-order valence-corrected chi connectivity index (χ1v) is 7.76. The smallest absolute Gasteiger partial charge is 0.274 e. The van der Waals surface area contributed by atoms with Gasteiger partial charge in [0.05, 0.1) is 11.6 Å². The lowest BCUT2D eigenvalue weighted by Gasteiger charge is -2.09. The Hall–Kier alpha value is -2.15. The van der Waals surface area contributed by atoms with E-state index in [1.54, 1.807) is 12.1 Å². The summed E-state index contributed by atoms with van der Waals surface area (Å²) in [5, 5.41) is 12.4. The van der Waals surface area contributed by atoms with E-state index in [1.165, 1.54) is 25.3 Å². The van der Waals surface area contributed by atoms with Crippen LogP contribution in [0.3, 0.4) is 0 Å². The molecule has 0 saturated carbocycles. The van der Waals surface area contributed by atoms with Crippen molar-refractivity contribution < 1.29 is 19.0 Å². The van der Waals surface area contributed by atoms with E-state index in [9.17, 15) is 14.3 Å². The number of rotatable bonds is 4. The van der Waals surface area contributed by atoms with Crippen molar-refractivity contribution in [2.75, 3.05) is 7.11 Å². The molecule has 0 aliphatic rings. The van der Waals surface area contributed by atoms with E-state index in [0.29, 0.717) is 4.47 Å². The van der Waals surface area contributed by atoms with Crippen LogP contribution < -0.4 is 10.1 Å². The van der Waals surface area contributed by atoms with Crippen molar-refractivity contribution in [2.24, 2.45) is 0 Å². The number of aromatic hydroxyl groups is 1. The number of halogens is 2. The molecule has 0 spiro atoms. The van der Waals surface area contributed by atoms with Crippen molar-refractivity contribution in [1.29, 1.82) is 0 Å². The number of carbonyl (C=O) groups is 1. The average molecular weight is 385 g/mol. The number of pyridine rings is 1. The number of ether oxygens (including phenoxy) is 1. The third-order valence-electron chi connectivity index (χ3n) is 2.71. The van der Waals surface area contributed by atoms with E-state index in [1.807, 2.05) is 13.8 Å². The molecular formula is C16H18BrFN2O3. The quantitative estimate of drug-likeness (QED) is 0.843. The maximum atomic E-state index is 12.8. The molecule has 2 N–H and O–H groups in total. The Morgan fingerprint density at radius 3 is 2.52 bits per heavy atom. The number of amides is 1. The van der Waals surface area contributed by atoms with Crippen LogP contribution in [0.4, 0.5) is 4.39 Å². The highest BCUT2D eigenvalue weighted by Gasteiger charge is 2.17. The Morgan fingerprint density at radius 2 is 1.96 bits per heavy atom. The molecule has 0 aliphatic heterocycles. The van der Waals surface area contributed by atoms with Gasteiger partial charge in [0.2, 0.25) is 5.88 Å². The average Bonchev–Trinajstić information content (AvgIpc) is 2.58. The highest BCUT2D eigenvalue weighted by atomic mass is 79.9. The number of carbonyl (C=O) groups excluding carboxylic acids is 1. The molecule has 0 unspecified atom stereocenters. The number of aromatic nitrogens is 1. The van der Waals surface area contributed by atoms with Gasteiger partial charge in [-0.2, -0.15) is 0 Å². The van der Waals surface area contributed by atoms with Crippen LogP contribution in [0.5, 0.6) is 11.6 Å². The lowest BCUT2D eigenvalue weighted by atomic mass is 10.2. The summed E-state index contributed by atoms with van der Waals surface area (Å²) in [6, 6.07) is 7.18. The summed E-state index contributed by atoms with van der Waals surface area (Å²) in [5.74, 6) is -0.975. The van der Waals surface area contributed by atoms with Crippen LogP contribution in [-0.2, 0) is 6.54 Å². The second-order valence-electron chi connectivity index (χ2n) is 4.15. The molecule has 1 aromatic heterocycles. The third-order valence-corrected chi connectivity index (χ3v) is 3.32. The fraction of sp³-hybridized carbons (Fsp3) is 0.250. The first-order valence-electron chi connectivity index (χ1n) is 6.97. The normalized spacial score (nSPS) is 9.61. The largest absolute Gasteiger partial charge is 0.504 e. The van der Waals surface area contributed by atoms with Gasteiger partial charge in [-0.3, -0.25) is 4.79 Å². The molecular weight excluding hydrogens is 367 g/mol. The summed E-state index contributed by atoms with van der Waals surface area (Å²) in [6.45, 7) is 4.19. The Morgan fingerprint density at radius 1 is 1.35 bits per heavy atom. The zero-order chi connectivity index (χ0) is 17.4. The van der Waals surface area contributed by atoms with Gasteiger partial charge >= 0.3 is 0 Å². The van der Waals surface area contributed by atoms with E-state index >= 15 is 0 Å². The fourth-order valence-electron chi connectivity index (χ4n) is 1.62. The van der Waals surface area contributed by atoms with Crippen LogP contribution in [0.2, 0.25) is 0 Å².